The first-order valence-electron chi connectivity index (χ1n) is 7.50. The molecule has 0 saturated carbocycles. The maximum absolute atomic E-state index is 12.0. The van der Waals surface area contributed by atoms with Crippen LogP contribution in [0.2, 0.25) is 0 Å². The van der Waals surface area contributed by atoms with Gasteiger partial charge in [0.05, 0.1) is 5.52 Å². The molecule has 0 fully saturated rings. The SMILES string of the molecule is CC(C)c1ccc(C(N)Cn2c(=O)oc3ccccc32)cc1. The van der Waals surface area contributed by atoms with Gasteiger partial charge in [-0.2, -0.15) is 0 Å². The molecule has 2 aromatic carbocycles. The maximum Gasteiger partial charge on any atom is 0.420 e. The van der Waals surface area contributed by atoms with Gasteiger partial charge in [-0.3, -0.25) is 4.57 Å². The van der Waals surface area contributed by atoms with Gasteiger partial charge < -0.3 is 10.2 Å². The van der Waals surface area contributed by atoms with Crippen molar-refractivity contribution in [2.75, 3.05) is 0 Å². The molecule has 22 heavy (non-hydrogen) atoms. The molecule has 3 aromatic rings. The Hall–Kier alpha value is -2.33. The molecule has 4 nitrogen and oxygen atoms in total. The van der Waals surface area contributed by atoms with E-state index in [9.17, 15) is 4.79 Å². The molecule has 0 aliphatic carbocycles. The summed E-state index contributed by atoms with van der Waals surface area (Å²) in [5, 5.41) is 0. The number of para-hydroxylation sites is 2. The van der Waals surface area contributed by atoms with Gasteiger partial charge in [0.15, 0.2) is 5.58 Å². The molecule has 3 rings (SSSR count). The van der Waals surface area contributed by atoms with E-state index >= 15 is 0 Å². The van der Waals surface area contributed by atoms with E-state index in [1.165, 1.54) is 5.56 Å². The van der Waals surface area contributed by atoms with Gasteiger partial charge in [0.25, 0.3) is 0 Å². The minimum atomic E-state index is -0.365. The van der Waals surface area contributed by atoms with Crippen LogP contribution in [0.3, 0.4) is 0 Å². The van der Waals surface area contributed by atoms with Crippen LogP contribution in [0.5, 0.6) is 0 Å². The number of benzene rings is 2. The summed E-state index contributed by atoms with van der Waals surface area (Å²) in [5.74, 6) is 0.126. The molecule has 1 aromatic heterocycles. The van der Waals surface area contributed by atoms with Crippen LogP contribution in [0.15, 0.2) is 57.7 Å². The van der Waals surface area contributed by atoms with Gasteiger partial charge in [0, 0.05) is 12.6 Å². The van der Waals surface area contributed by atoms with E-state index in [2.05, 4.69) is 26.0 Å². The molecule has 0 spiro atoms. The zero-order valence-corrected chi connectivity index (χ0v) is 12.8. The normalized spacial score (nSPS) is 12.9. The Morgan fingerprint density at radius 1 is 1.05 bits per heavy atom. The van der Waals surface area contributed by atoms with Gasteiger partial charge >= 0.3 is 5.76 Å². The molecule has 0 aliphatic rings. The second-order valence-corrected chi connectivity index (χ2v) is 5.87. The Kier molecular flexibility index (Phi) is 3.86. The minimum absolute atomic E-state index is 0.250. The lowest BCUT2D eigenvalue weighted by Gasteiger charge is -2.14. The van der Waals surface area contributed by atoms with Gasteiger partial charge in [0.2, 0.25) is 0 Å². The van der Waals surface area contributed by atoms with E-state index in [0.717, 1.165) is 11.1 Å². The van der Waals surface area contributed by atoms with Gasteiger partial charge in [-0.15, -0.1) is 0 Å². The van der Waals surface area contributed by atoms with Crippen molar-refractivity contribution >= 4 is 11.1 Å². The van der Waals surface area contributed by atoms with E-state index in [0.29, 0.717) is 18.0 Å². The van der Waals surface area contributed by atoms with Crippen molar-refractivity contribution in [1.82, 2.24) is 4.57 Å². The lowest BCUT2D eigenvalue weighted by Crippen LogP contribution is -2.23. The molecular weight excluding hydrogens is 276 g/mol. The predicted octanol–water partition coefficient (Wildman–Crippen LogP) is 3.42. The summed E-state index contributed by atoms with van der Waals surface area (Å²) in [4.78, 5) is 12.0. The van der Waals surface area contributed by atoms with E-state index < -0.39 is 0 Å². The molecule has 0 saturated heterocycles. The number of aromatic nitrogens is 1. The summed E-state index contributed by atoms with van der Waals surface area (Å²) in [7, 11) is 0. The molecule has 0 radical (unpaired) electrons. The van der Waals surface area contributed by atoms with Crippen LogP contribution >= 0.6 is 0 Å². The highest BCUT2D eigenvalue weighted by Gasteiger charge is 2.13. The smallest absolute Gasteiger partial charge is 0.408 e. The average Bonchev–Trinajstić information content (AvgIpc) is 2.83. The first kappa shape index (κ1) is 14.6. The maximum atomic E-state index is 12.0. The van der Waals surface area contributed by atoms with Crippen LogP contribution < -0.4 is 11.5 Å². The molecular formula is C18H20N2O2. The van der Waals surface area contributed by atoms with Crippen LogP contribution in [-0.4, -0.2) is 4.57 Å². The fourth-order valence-electron chi connectivity index (χ4n) is 2.62. The lowest BCUT2D eigenvalue weighted by molar-refractivity contribution is 0.480. The fourth-order valence-corrected chi connectivity index (χ4v) is 2.62. The second-order valence-electron chi connectivity index (χ2n) is 5.87. The quantitative estimate of drug-likeness (QED) is 0.802. The van der Waals surface area contributed by atoms with Crippen molar-refractivity contribution in [2.45, 2.75) is 32.4 Å². The van der Waals surface area contributed by atoms with Gasteiger partial charge in [-0.1, -0.05) is 50.2 Å². The predicted molar refractivity (Wildman–Crippen MR) is 87.9 cm³/mol. The van der Waals surface area contributed by atoms with Crippen LogP contribution in [0.25, 0.3) is 11.1 Å². The molecule has 0 bridgehead atoms. The molecule has 114 valence electrons. The molecule has 4 heteroatoms. The topological polar surface area (TPSA) is 61.2 Å². The number of nitrogens with two attached hydrogens (primary N) is 1. The summed E-state index contributed by atoms with van der Waals surface area (Å²) in [6, 6.07) is 15.4. The van der Waals surface area contributed by atoms with Crippen LogP contribution in [0.1, 0.15) is 36.9 Å². The van der Waals surface area contributed by atoms with E-state index in [4.69, 9.17) is 10.2 Å². The molecule has 1 atom stereocenters. The number of hydrogen-bond acceptors (Lipinski definition) is 3. The van der Waals surface area contributed by atoms with Crippen molar-refractivity contribution in [3.05, 3.63) is 70.2 Å². The third-order valence-electron chi connectivity index (χ3n) is 3.98. The lowest BCUT2D eigenvalue weighted by atomic mass is 9.99. The molecule has 2 N–H and O–H groups in total. The van der Waals surface area contributed by atoms with Crippen molar-refractivity contribution < 1.29 is 4.42 Å². The van der Waals surface area contributed by atoms with Gasteiger partial charge in [-0.05, 0) is 29.2 Å². The summed E-state index contributed by atoms with van der Waals surface area (Å²) in [6.45, 7) is 4.72. The number of oxazole rings is 1. The van der Waals surface area contributed by atoms with E-state index in [1.54, 1.807) is 10.6 Å². The largest absolute Gasteiger partial charge is 0.420 e. The van der Waals surface area contributed by atoms with Crippen LogP contribution in [-0.2, 0) is 6.54 Å². The molecule has 0 aliphatic heterocycles. The Morgan fingerprint density at radius 2 is 1.68 bits per heavy atom. The summed E-state index contributed by atoms with van der Waals surface area (Å²) in [6.07, 6.45) is 0. The summed E-state index contributed by atoms with van der Waals surface area (Å²) < 4.78 is 6.83. The first-order valence-corrected chi connectivity index (χ1v) is 7.50. The Labute approximate surface area is 129 Å². The number of fused-ring (bicyclic) bond motifs is 1. The average molecular weight is 296 g/mol. The van der Waals surface area contributed by atoms with Gasteiger partial charge in [-0.25, -0.2) is 4.79 Å². The highest BCUT2D eigenvalue weighted by molar-refractivity contribution is 5.72. The number of rotatable bonds is 4. The monoisotopic (exact) mass is 296 g/mol. The van der Waals surface area contributed by atoms with Crippen molar-refractivity contribution in [3.63, 3.8) is 0 Å². The van der Waals surface area contributed by atoms with Crippen LogP contribution in [0.4, 0.5) is 0 Å². The zero-order valence-electron chi connectivity index (χ0n) is 12.8. The van der Waals surface area contributed by atoms with Crippen molar-refractivity contribution in [1.29, 1.82) is 0 Å². The Balaban J connectivity index is 1.88. The van der Waals surface area contributed by atoms with Gasteiger partial charge in [0.1, 0.15) is 0 Å². The molecule has 1 unspecified atom stereocenters. The number of nitrogens with zero attached hydrogens (tertiary/aromatic N) is 1. The summed E-state index contributed by atoms with van der Waals surface area (Å²) in [5.41, 5.74) is 9.94. The zero-order chi connectivity index (χ0) is 15.7. The molecule has 1 heterocycles. The first-order chi connectivity index (χ1) is 10.6. The van der Waals surface area contributed by atoms with E-state index in [-0.39, 0.29) is 11.8 Å². The third-order valence-corrected chi connectivity index (χ3v) is 3.98. The standard InChI is InChI=1S/C18H20N2O2/c1-12(2)13-7-9-14(10-8-13)15(19)11-20-16-5-3-4-6-17(16)22-18(20)21/h3-10,12,15H,11,19H2,1-2H3. The number of hydrogen-bond donors (Lipinski definition) is 1. The highest BCUT2D eigenvalue weighted by atomic mass is 16.4. The van der Waals surface area contributed by atoms with Crippen molar-refractivity contribution in [3.8, 4) is 0 Å². The van der Waals surface area contributed by atoms with E-state index in [1.807, 2.05) is 30.3 Å². The van der Waals surface area contributed by atoms with Crippen molar-refractivity contribution in [2.24, 2.45) is 5.73 Å². The fraction of sp³-hybridized carbons (Fsp3) is 0.278. The minimum Gasteiger partial charge on any atom is -0.408 e. The second kappa shape index (κ2) is 5.81. The molecule has 0 amide bonds. The van der Waals surface area contributed by atoms with Crippen LogP contribution in [0, 0.1) is 0 Å². The Bertz CT molecular complexity index is 828. The highest BCUT2D eigenvalue weighted by Crippen LogP contribution is 2.20. The third kappa shape index (κ3) is 2.70. The summed E-state index contributed by atoms with van der Waals surface area (Å²) >= 11 is 0. The Morgan fingerprint density at radius 3 is 2.36 bits per heavy atom.